The smallest absolute Gasteiger partial charge is 0.346 e. The molecule has 0 bridgehead atoms. The number of benzene rings is 3. The zero-order chi connectivity index (χ0) is 14.7. The normalized spacial score (nSPS) is 10.3. The Morgan fingerprint density at radius 3 is 2.00 bits per heavy atom. The van der Waals surface area contributed by atoms with E-state index in [4.69, 9.17) is 4.74 Å². The lowest BCUT2D eigenvalue weighted by molar-refractivity contribution is 0.0398. The maximum absolute atomic E-state index is 12.0. The number of hydrogen-bond donors (Lipinski definition) is 0. The summed E-state index contributed by atoms with van der Waals surface area (Å²) in [6, 6.07) is 21.3. The van der Waals surface area contributed by atoms with Gasteiger partial charge in [-0.05, 0) is 35.0 Å². The van der Waals surface area contributed by atoms with Crippen LogP contribution in [0.15, 0.2) is 72.8 Å². The minimum absolute atomic E-state index is 0.353. The summed E-state index contributed by atoms with van der Waals surface area (Å²) in [6.45, 7) is 0. The van der Waals surface area contributed by atoms with E-state index in [1.165, 1.54) is 0 Å². The second-order valence-corrected chi connectivity index (χ2v) is 4.60. The molecule has 3 aromatic rings. The Kier molecular flexibility index (Phi) is 3.48. The molecule has 0 saturated heterocycles. The van der Waals surface area contributed by atoms with E-state index in [1.807, 2.05) is 30.3 Å². The predicted molar refractivity (Wildman–Crippen MR) is 80.1 cm³/mol. The van der Waals surface area contributed by atoms with Crippen molar-refractivity contribution in [3.8, 4) is 0 Å². The highest BCUT2D eigenvalue weighted by atomic mass is 16.6. The van der Waals surface area contributed by atoms with Crippen LogP contribution < -0.4 is 0 Å². The number of fused-ring (bicyclic) bond motifs is 1. The van der Waals surface area contributed by atoms with Crippen molar-refractivity contribution >= 4 is 22.7 Å². The summed E-state index contributed by atoms with van der Waals surface area (Å²) in [5, 5.41) is 1.96. The third-order valence-electron chi connectivity index (χ3n) is 3.18. The number of ether oxygens (including phenoxy) is 1. The van der Waals surface area contributed by atoms with E-state index in [1.54, 1.807) is 42.5 Å². The quantitative estimate of drug-likeness (QED) is 0.527. The van der Waals surface area contributed by atoms with Gasteiger partial charge in [0, 0.05) is 0 Å². The van der Waals surface area contributed by atoms with Gasteiger partial charge < -0.3 is 4.74 Å². The highest BCUT2D eigenvalue weighted by molar-refractivity contribution is 6.04. The van der Waals surface area contributed by atoms with Crippen LogP contribution in [-0.2, 0) is 4.74 Å². The van der Waals surface area contributed by atoms with Crippen molar-refractivity contribution in [2.45, 2.75) is 0 Å². The van der Waals surface area contributed by atoms with Crippen molar-refractivity contribution in [3.05, 3.63) is 83.9 Å². The number of esters is 2. The fraction of sp³-hybridized carbons (Fsp3) is 0. The highest BCUT2D eigenvalue weighted by Crippen LogP contribution is 2.16. The van der Waals surface area contributed by atoms with Crippen molar-refractivity contribution in [3.63, 3.8) is 0 Å². The van der Waals surface area contributed by atoms with Gasteiger partial charge in [-0.2, -0.15) is 0 Å². The van der Waals surface area contributed by atoms with Gasteiger partial charge in [-0.3, -0.25) is 0 Å². The van der Waals surface area contributed by atoms with Crippen molar-refractivity contribution in [2.24, 2.45) is 0 Å². The lowest BCUT2D eigenvalue weighted by Gasteiger charge is -2.04. The van der Waals surface area contributed by atoms with Crippen molar-refractivity contribution < 1.29 is 14.3 Å². The summed E-state index contributed by atoms with van der Waals surface area (Å²) >= 11 is 0. The SMILES string of the molecule is O=C(OC(=O)c1ccc2ccccc2c1)c1ccccc1. The Morgan fingerprint density at radius 2 is 1.24 bits per heavy atom. The molecular weight excluding hydrogens is 264 g/mol. The second kappa shape index (κ2) is 5.59. The average Bonchev–Trinajstić information content (AvgIpc) is 2.55. The first kappa shape index (κ1) is 13.1. The fourth-order valence-corrected chi connectivity index (χ4v) is 2.09. The summed E-state index contributed by atoms with van der Waals surface area (Å²) in [4.78, 5) is 23.9. The maximum atomic E-state index is 12.0. The molecule has 0 saturated carbocycles. The molecule has 0 amide bonds. The van der Waals surface area contributed by atoms with Gasteiger partial charge in [-0.25, -0.2) is 9.59 Å². The van der Waals surface area contributed by atoms with E-state index < -0.39 is 11.9 Å². The summed E-state index contributed by atoms with van der Waals surface area (Å²) in [5.41, 5.74) is 0.713. The molecule has 102 valence electrons. The van der Waals surface area contributed by atoms with Crippen LogP contribution in [-0.4, -0.2) is 11.9 Å². The van der Waals surface area contributed by atoms with E-state index in [0.717, 1.165) is 10.8 Å². The molecule has 3 heteroatoms. The van der Waals surface area contributed by atoms with Crippen LogP contribution in [0.5, 0.6) is 0 Å². The molecule has 0 fully saturated rings. The average molecular weight is 276 g/mol. The van der Waals surface area contributed by atoms with E-state index >= 15 is 0 Å². The van der Waals surface area contributed by atoms with Crippen molar-refractivity contribution in [2.75, 3.05) is 0 Å². The number of carbonyl (C=O) groups is 2. The summed E-state index contributed by atoms with van der Waals surface area (Å²) in [6.07, 6.45) is 0. The monoisotopic (exact) mass is 276 g/mol. The highest BCUT2D eigenvalue weighted by Gasteiger charge is 2.14. The van der Waals surface area contributed by atoms with Gasteiger partial charge in [0.05, 0.1) is 11.1 Å². The van der Waals surface area contributed by atoms with Gasteiger partial charge in [0.15, 0.2) is 0 Å². The molecule has 0 N–H and O–H groups in total. The maximum Gasteiger partial charge on any atom is 0.346 e. The Hall–Kier alpha value is -2.94. The topological polar surface area (TPSA) is 43.4 Å². The van der Waals surface area contributed by atoms with Crippen LogP contribution in [0.3, 0.4) is 0 Å². The van der Waals surface area contributed by atoms with Crippen molar-refractivity contribution in [1.29, 1.82) is 0 Å². The predicted octanol–water partition coefficient (Wildman–Crippen LogP) is 3.84. The first-order valence-corrected chi connectivity index (χ1v) is 6.54. The number of carbonyl (C=O) groups excluding carboxylic acids is 2. The molecule has 3 nitrogen and oxygen atoms in total. The van der Waals surface area contributed by atoms with Crippen LogP contribution in [0.25, 0.3) is 10.8 Å². The molecule has 0 heterocycles. The number of hydrogen-bond acceptors (Lipinski definition) is 3. The van der Waals surface area contributed by atoms with Crippen LogP contribution in [0.4, 0.5) is 0 Å². The lowest BCUT2D eigenvalue weighted by Crippen LogP contribution is -2.12. The van der Waals surface area contributed by atoms with Crippen molar-refractivity contribution in [1.82, 2.24) is 0 Å². The Bertz CT molecular complexity index is 807. The minimum atomic E-state index is -0.645. The molecule has 21 heavy (non-hydrogen) atoms. The van der Waals surface area contributed by atoms with E-state index in [9.17, 15) is 9.59 Å². The molecule has 3 rings (SSSR count). The van der Waals surface area contributed by atoms with Crippen LogP contribution >= 0.6 is 0 Å². The molecule has 0 unspecified atom stereocenters. The van der Waals surface area contributed by atoms with E-state index in [0.29, 0.717) is 11.1 Å². The molecule has 0 aliphatic carbocycles. The van der Waals surface area contributed by atoms with Gasteiger partial charge in [0.25, 0.3) is 0 Å². The Labute approximate surface area is 121 Å². The zero-order valence-corrected chi connectivity index (χ0v) is 11.2. The van der Waals surface area contributed by atoms with Gasteiger partial charge in [-0.1, -0.05) is 48.5 Å². The Balaban J connectivity index is 1.82. The fourth-order valence-electron chi connectivity index (χ4n) is 2.09. The third-order valence-corrected chi connectivity index (χ3v) is 3.18. The lowest BCUT2D eigenvalue weighted by atomic mass is 10.1. The van der Waals surface area contributed by atoms with E-state index in [2.05, 4.69) is 0 Å². The van der Waals surface area contributed by atoms with Crippen LogP contribution in [0.1, 0.15) is 20.7 Å². The largest absolute Gasteiger partial charge is 0.386 e. The Morgan fingerprint density at radius 1 is 0.619 bits per heavy atom. The summed E-state index contributed by atoms with van der Waals surface area (Å²) in [5.74, 6) is -1.29. The summed E-state index contributed by atoms with van der Waals surface area (Å²) < 4.78 is 4.89. The van der Waals surface area contributed by atoms with Crippen LogP contribution in [0, 0.1) is 0 Å². The molecule has 0 atom stereocenters. The second-order valence-electron chi connectivity index (χ2n) is 4.60. The van der Waals surface area contributed by atoms with Gasteiger partial charge >= 0.3 is 11.9 Å². The van der Waals surface area contributed by atoms with E-state index in [-0.39, 0.29) is 0 Å². The number of rotatable bonds is 2. The summed E-state index contributed by atoms with van der Waals surface area (Å²) in [7, 11) is 0. The standard InChI is InChI=1S/C18H12O3/c19-17(14-7-2-1-3-8-14)21-18(20)16-11-10-13-6-4-5-9-15(13)12-16/h1-12H. The molecule has 0 aromatic heterocycles. The molecule has 0 aliphatic rings. The molecule has 0 radical (unpaired) electrons. The minimum Gasteiger partial charge on any atom is -0.386 e. The molecule has 3 aromatic carbocycles. The van der Waals surface area contributed by atoms with Crippen LogP contribution in [0.2, 0.25) is 0 Å². The zero-order valence-electron chi connectivity index (χ0n) is 11.2. The van der Waals surface area contributed by atoms with Gasteiger partial charge in [0.1, 0.15) is 0 Å². The molecule has 0 aliphatic heterocycles. The van der Waals surface area contributed by atoms with Gasteiger partial charge in [0.2, 0.25) is 0 Å². The third kappa shape index (κ3) is 2.82. The first-order chi connectivity index (χ1) is 10.2. The van der Waals surface area contributed by atoms with Gasteiger partial charge in [-0.15, -0.1) is 0 Å². The molecule has 0 spiro atoms. The molecular formula is C18H12O3. The first-order valence-electron chi connectivity index (χ1n) is 6.54.